The summed E-state index contributed by atoms with van der Waals surface area (Å²) in [5, 5.41) is 5.65. The number of hydrogen-bond donors (Lipinski definition) is 2. The summed E-state index contributed by atoms with van der Waals surface area (Å²) < 4.78 is 0. The maximum Gasteiger partial charge on any atom is 0.243 e. The largest absolute Gasteiger partial charge is 0.346 e. The molecule has 0 saturated carbocycles. The van der Waals surface area contributed by atoms with Crippen molar-refractivity contribution in [2.24, 2.45) is 0 Å². The average Bonchev–Trinajstić information content (AvgIpc) is 2.71. The van der Waals surface area contributed by atoms with Crippen LogP contribution in [0.5, 0.6) is 0 Å². The minimum atomic E-state index is -0.210. The fourth-order valence-corrected chi connectivity index (χ4v) is 3.82. The van der Waals surface area contributed by atoms with Gasteiger partial charge in [0.05, 0.1) is 18.8 Å². The minimum Gasteiger partial charge on any atom is -0.346 e. The second kappa shape index (κ2) is 10.3. The lowest BCUT2D eigenvalue weighted by molar-refractivity contribution is -0.125. The first kappa shape index (κ1) is 21.9. The van der Waals surface area contributed by atoms with E-state index < -0.39 is 0 Å². The molecule has 0 radical (unpaired) electrons. The molecule has 0 bridgehead atoms. The molecule has 2 heterocycles. The highest BCUT2D eigenvalue weighted by Crippen LogP contribution is 2.21. The third kappa shape index (κ3) is 6.37. The highest BCUT2D eigenvalue weighted by atomic mass is 16.2. The second-order valence-corrected chi connectivity index (χ2v) is 7.97. The fourth-order valence-electron chi connectivity index (χ4n) is 3.82. The quantitative estimate of drug-likeness (QED) is 0.730. The average molecular weight is 410 g/mol. The van der Waals surface area contributed by atoms with Crippen molar-refractivity contribution in [3.8, 4) is 0 Å². The lowest BCUT2D eigenvalue weighted by Gasteiger charge is -2.34. The summed E-state index contributed by atoms with van der Waals surface area (Å²) in [6.45, 7) is 10.6. The van der Waals surface area contributed by atoms with Gasteiger partial charge in [0.25, 0.3) is 0 Å². The summed E-state index contributed by atoms with van der Waals surface area (Å²) in [6, 6.07) is 10.0. The van der Waals surface area contributed by atoms with Crippen LogP contribution in [0, 0.1) is 20.8 Å². The Kier molecular flexibility index (Phi) is 7.54. The van der Waals surface area contributed by atoms with Crippen molar-refractivity contribution in [1.29, 1.82) is 0 Å². The van der Waals surface area contributed by atoms with E-state index in [0.29, 0.717) is 6.54 Å². The number of pyridine rings is 1. The van der Waals surface area contributed by atoms with Gasteiger partial charge in [0.15, 0.2) is 0 Å². The highest BCUT2D eigenvalue weighted by molar-refractivity contribution is 5.96. The van der Waals surface area contributed by atoms with Crippen LogP contribution in [0.1, 0.15) is 22.4 Å². The van der Waals surface area contributed by atoms with Crippen LogP contribution in [0.15, 0.2) is 36.5 Å². The number of piperazine rings is 1. The molecule has 0 unspecified atom stereocenters. The lowest BCUT2D eigenvalue weighted by atomic mass is 10.1. The first-order valence-electron chi connectivity index (χ1n) is 10.4. The Morgan fingerprint density at radius 1 is 0.967 bits per heavy atom. The molecule has 2 amide bonds. The molecule has 1 aliphatic heterocycles. The van der Waals surface area contributed by atoms with Crippen molar-refractivity contribution in [3.63, 3.8) is 0 Å². The van der Waals surface area contributed by atoms with E-state index in [1.54, 1.807) is 0 Å². The summed E-state index contributed by atoms with van der Waals surface area (Å²) in [4.78, 5) is 33.4. The number of hydrogen-bond acceptors (Lipinski definition) is 5. The number of carbonyl (C=O) groups is 2. The standard InChI is InChI=1S/C23H31N5O2/c1-17-12-18(2)23(19(3)13-17)26-21(29)14-25-22(30)16-28-10-8-27(9-11-28)15-20-6-4-5-7-24-20/h4-7,12-13H,8-11,14-16H2,1-3H3,(H,25,30)(H,26,29). The minimum absolute atomic E-state index is 0.0226. The zero-order chi connectivity index (χ0) is 21.5. The maximum atomic E-state index is 12.3. The molecular weight excluding hydrogens is 378 g/mol. The molecule has 1 saturated heterocycles. The van der Waals surface area contributed by atoms with Gasteiger partial charge in [0, 0.05) is 44.6 Å². The van der Waals surface area contributed by atoms with Crippen LogP contribution in [-0.4, -0.2) is 65.9 Å². The predicted molar refractivity (Wildman–Crippen MR) is 118 cm³/mol. The SMILES string of the molecule is Cc1cc(C)c(NC(=O)CNC(=O)CN2CCN(Cc3ccccn3)CC2)c(C)c1. The molecule has 7 nitrogen and oxygen atoms in total. The van der Waals surface area contributed by atoms with Gasteiger partial charge in [-0.15, -0.1) is 0 Å². The highest BCUT2D eigenvalue weighted by Gasteiger charge is 2.19. The Labute approximate surface area is 178 Å². The zero-order valence-corrected chi connectivity index (χ0v) is 18.1. The van der Waals surface area contributed by atoms with Crippen molar-refractivity contribution in [1.82, 2.24) is 20.1 Å². The number of nitrogens with one attached hydrogen (secondary N) is 2. The van der Waals surface area contributed by atoms with Gasteiger partial charge in [-0.2, -0.15) is 0 Å². The van der Waals surface area contributed by atoms with Crippen LogP contribution in [0.3, 0.4) is 0 Å². The Balaban J connectivity index is 1.37. The van der Waals surface area contributed by atoms with E-state index in [1.807, 2.05) is 57.3 Å². The van der Waals surface area contributed by atoms with Crippen LogP contribution in [0.4, 0.5) is 5.69 Å². The Hall–Kier alpha value is -2.77. The first-order valence-corrected chi connectivity index (χ1v) is 10.4. The molecule has 160 valence electrons. The number of carbonyl (C=O) groups excluding carboxylic acids is 2. The summed E-state index contributed by atoms with van der Waals surface area (Å²) in [5.74, 6) is -0.334. The molecule has 30 heavy (non-hydrogen) atoms. The number of amides is 2. The predicted octanol–water partition coefficient (Wildman–Crippen LogP) is 1.88. The number of anilines is 1. The van der Waals surface area contributed by atoms with Gasteiger partial charge in [-0.25, -0.2) is 0 Å². The monoisotopic (exact) mass is 409 g/mol. The Morgan fingerprint density at radius 3 is 2.27 bits per heavy atom. The number of nitrogens with zero attached hydrogens (tertiary/aromatic N) is 3. The smallest absolute Gasteiger partial charge is 0.243 e. The van der Waals surface area contributed by atoms with Gasteiger partial charge in [-0.3, -0.25) is 24.4 Å². The van der Waals surface area contributed by atoms with Crippen molar-refractivity contribution in [2.75, 3.05) is 44.6 Å². The first-order chi connectivity index (χ1) is 14.4. The molecule has 0 atom stereocenters. The molecule has 7 heteroatoms. The summed E-state index contributed by atoms with van der Waals surface area (Å²) in [7, 11) is 0. The molecule has 1 aliphatic rings. The van der Waals surface area contributed by atoms with E-state index in [0.717, 1.165) is 60.8 Å². The number of aryl methyl sites for hydroxylation is 3. The second-order valence-electron chi connectivity index (χ2n) is 7.97. The van der Waals surface area contributed by atoms with Gasteiger partial charge in [0.1, 0.15) is 0 Å². The summed E-state index contributed by atoms with van der Waals surface area (Å²) in [5.41, 5.74) is 5.10. The van der Waals surface area contributed by atoms with E-state index in [-0.39, 0.29) is 18.4 Å². The van der Waals surface area contributed by atoms with E-state index >= 15 is 0 Å². The normalized spacial score (nSPS) is 15.0. The van der Waals surface area contributed by atoms with E-state index in [4.69, 9.17) is 0 Å². The Morgan fingerprint density at radius 2 is 1.63 bits per heavy atom. The zero-order valence-electron chi connectivity index (χ0n) is 18.1. The number of benzene rings is 1. The van der Waals surface area contributed by atoms with Crippen molar-refractivity contribution in [3.05, 3.63) is 58.9 Å². The summed E-state index contributed by atoms with van der Waals surface area (Å²) in [6.07, 6.45) is 1.81. The molecule has 2 aromatic rings. The van der Waals surface area contributed by atoms with Crippen molar-refractivity contribution in [2.45, 2.75) is 27.3 Å². The van der Waals surface area contributed by atoms with Gasteiger partial charge in [-0.1, -0.05) is 23.8 Å². The van der Waals surface area contributed by atoms with Crippen LogP contribution < -0.4 is 10.6 Å². The van der Waals surface area contributed by atoms with E-state index in [1.165, 1.54) is 0 Å². The molecule has 1 fully saturated rings. The van der Waals surface area contributed by atoms with Gasteiger partial charge >= 0.3 is 0 Å². The van der Waals surface area contributed by atoms with Crippen LogP contribution in [0.2, 0.25) is 0 Å². The molecule has 3 rings (SSSR count). The van der Waals surface area contributed by atoms with Gasteiger partial charge in [0.2, 0.25) is 11.8 Å². The third-order valence-corrected chi connectivity index (χ3v) is 5.33. The lowest BCUT2D eigenvalue weighted by Crippen LogP contribution is -2.49. The summed E-state index contributed by atoms with van der Waals surface area (Å²) >= 11 is 0. The number of aromatic nitrogens is 1. The van der Waals surface area contributed by atoms with Crippen LogP contribution in [0.25, 0.3) is 0 Å². The third-order valence-electron chi connectivity index (χ3n) is 5.33. The Bertz CT molecular complexity index is 853. The molecule has 2 N–H and O–H groups in total. The molecule has 0 spiro atoms. The fraction of sp³-hybridized carbons (Fsp3) is 0.435. The molecule has 0 aliphatic carbocycles. The molecular formula is C23H31N5O2. The maximum absolute atomic E-state index is 12.3. The van der Waals surface area contributed by atoms with Gasteiger partial charge < -0.3 is 10.6 Å². The van der Waals surface area contributed by atoms with E-state index in [9.17, 15) is 9.59 Å². The van der Waals surface area contributed by atoms with Crippen molar-refractivity contribution >= 4 is 17.5 Å². The van der Waals surface area contributed by atoms with E-state index in [2.05, 4.69) is 25.4 Å². The van der Waals surface area contributed by atoms with Crippen LogP contribution in [-0.2, 0) is 16.1 Å². The molecule has 1 aromatic heterocycles. The topological polar surface area (TPSA) is 77.6 Å². The van der Waals surface area contributed by atoms with Gasteiger partial charge in [-0.05, 0) is 44.0 Å². The van der Waals surface area contributed by atoms with Crippen LogP contribution >= 0.6 is 0 Å². The number of rotatable bonds is 7. The van der Waals surface area contributed by atoms with Crippen molar-refractivity contribution < 1.29 is 9.59 Å². The molecule has 1 aromatic carbocycles.